The molecule has 1 amide bonds. The van der Waals surface area contributed by atoms with Gasteiger partial charge in [0.25, 0.3) is 5.91 Å². The van der Waals surface area contributed by atoms with Crippen molar-refractivity contribution in [1.29, 1.82) is 0 Å². The van der Waals surface area contributed by atoms with Crippen molar-refractivity contribution in [1.82, 2.24) is 5.32 Å². The highest BCUT2D eigenvalue weighted by molar-refractivity contribution is 6.30. The normalized spacial score (nSPS) is 11.5. The van der Waals surface area contributed by atoms with Gasteiger partial charge in [0.15, 0.2) is 6.61 Å². The van der Waals surface area contributed by atoms with Crippen LogP contribution < -0.4 is 5.32 Å². The lowest BCUT2D eigenvalue weighted by Crippen LogP contribution is -2.40. The molecule has 0 heterocycles. The molecule has 136 valence electrons. The van der Waals surface area contributed by atoms with Crippen LogP contribution in [0.15, 0.2) is 42.5 Å². The summed E-state index contributed by atoms with van der Waals surface area (Å²) in [5.74, 6) is -1.38. The molecule has 6 heteroatoms. The second-order valence-corrected chi connectivity index (χ2v) is 6.49. The smallest absolute Gasteiger partial charge is 0.328 e. The largest absolute Gasteiger partial charge is 0.456 e. The minimum absolute atomic E-state index is 0.285. The summed E-state index contributed by atoms with van der Waals surface area (Å²) < 4.78 is 5.04. The summed E-state index contributed by atoms with van der Waals surface area (Å²) in [4.78, 5) is 36.3. The molecular formula is C20H20ClNO4. The van der Waals surface area contributed by atoms with Gasteiger partial charge in [0, 0.05) is 16.1 Å². The van der Waals surface area contributed by atoms with E-state index in [2.05, 4.69) is 5.32 Å². The zero-order chi connectivity index (χ0) is 19.3. The molecule has 5 nitrogen and oxygen atoms in total. The van der Waals surface area contributed by atoms with Gasteiger partial charge in [-0.05, 0) is 50.6 Å². The lowest BCUT2D eigenvalue weighted by atomic mass is 10.0. The van der Waals surface area contributed by atoms with E-state index in [4.69, 9.17) is 16.3 Å². The van der Waals surface area contributed by atoms with Crippen LogP contribution in [0.25, 0.3) is 0 Å². The van der Waals surface area contributed by atoms with E-state index in [1.54, 1.807) is 30.3 Å². The highest BCUT2D eigenvalue weighted by Crippen LogP contribution is 2.12. The van der Waals surface area contributed by atoms with Crippen LogP contribution in [0.4, 0.5) is 0 Å². The minimum Gasteiger partial charge on any atom is -0.456 e. The van der Waals surface area contributed by atoms with Gasteiger partial charge in [-0.25, -0.2) is 4.79 Å². The Morgan fingerprint density at radius 1 is 1.08 bits per heavy atom. The Morgan fingerprint density at radius 3 is 2.35 bits per heavy atom. The molecule has 2 aromatic rings. The zero-order valence-electron chi connectivity index (χ0n) is 14.8. The Morgan fingerprint density at radius 2 is 1.73 bits per heavy atom. The Labute approximate surface area is 157 Å². The van der Waals surface area contributed by atoms with E-state index >= 15 is 0 Å². The molecule has 0 aliphatic rings. The number of hydrogen-bond acceptors (Lipinski definition) is 4. The van der Waals surface area contributed by atoms with Crippen molar-refractivity contribution < 1.29 is 19.1 Å². The first-order valence-corrected chi connectivity index (χ1v) is 8.49. The van der Waals surface area contributed by atoms with Crippen LogP contribution in [-0.2, 0) is 9.53 Å². The van der Waals surface area contributed by atoms with Gasteiger partial charge in [0.1, 0.15) is 6.04 Å². The van der Waals surface area contributed by atoms with Gasteiger partial charge in [-0.3, -0.25) is 9.59 Å². The number of esters is 1. The van der Waals surface area contributed by atoms with Crippen LogP contribution in [0.3, 0.4) is 0 Å². The maximum Gasteiger partial charge on any atom is 0.328 e. The topological polar surface area (TPSA) is 72.5 Å². The van der Waals surface area contributed by atoms with Crippen molar-refractivity contribution >= 4 is 29.3 Å². The third-order valence-corrected chi connectivity index (χ3v) is 4.09. The number of benzene rings is 2. The maximum atomic E-state index is 12.2. The highest BCUT2D eigenvalue weighted by Gasteiger charge is 2.20. The van der Waals surface area contributed by atoms with Crippen LogP contribution >= 0.6 is 11.6 Å². The number of hydrogen-bond donors (Lipinski definition) is 1. The predicted molar refractivity (Wildman–Crippen MR) is 99.6 cm³/mol. The number of carbonyl (C=O) groups excluding carboxylic acids is 3. The number of ether oxygens (including phenoxy) is 1. The first-order valence-electron chi connectivity index (χ1n) is 8.11. The van der Waals surface area contributed by atoms with Crippen molar-refractivity contribution in [2.75, 3.05) is 6.61 Å². The van der Waals surface area contributed by atoms with E-state index in [-0.39, 0.29) is 12.4 Å². The Bertz CT molecular complexity index is 830. The number of Topliss-reactive ketones (excluding diaryl/α,β-unsaturated/α-hetero) is 1. The summed E-state index contributed by atoms with van der Waals surface area (Å²) in [5, 5.41) is 3.04. The molecule has 0 spiro atoms. The second kappa shape index (κ2) is 8.63. The van der Waals surface area contributed by atoms with Gasteiger partial charge in [0.2, 0.25) is 5.78 Å². The van der Waals surface area contributed by atoms with Gasteiger partial charge >= 0.3 is 5.97 Å². The molecule has 0 saturated carbocycles. The van der Waals surface area contributed by atoms with Gasteiger partial charge in [-0.1, -0.05) is 35.4 Å². The van der Waals surface area contributed by atoms with Crippen molar-refractivity contribution in [3.8, 4) is 0 Å². The minimum atomic E-state index is -0.884. The standard InChI is InChI=1S/C20H20ClNO4/c1-12-4-9-17(13(2)10-12)18(23)11-26-20(25)14(3)22-19(24)15-5-7-16(21)8-6-15/h4-10,14H,11H2,1-3H3,(H,22,24)/t14-/m0/s1. The molecule has 0 unspecified atom stereocenters. The van der Waals surface area contributed by atoms with Crippen LogP contribution in [-0.4, -0.2) is 30.3 Å². The Hall–Kier alpha value is -2.66. The number of carbonyl (C=O) groups is 3. The Balaban J connectivity index is 1.89. The fourth-order valence-electron chi connectivity index (χ4n) is 2.41. The van der Waals surface area contributed by atoms with Crippen LogP contribution in [0.1, 0.15) is 38.8 Å². The summed E-state index contributed by atoms with van der Waals surface area (Å²) in [6.45, 7) is 4.89. The molecule has 0 aromatic heterocycles. The first kappa shape index (κ1) is 19.7. The molecule has 26 heavy (non-hydrogen) atoms. The molecule has 0 fully saturated rings. The highest BCUT2D eigenvalue weighted by atomic mass is 35.5. The van der Waals surface area contributed by atoms with Gasteiger partial charge in [0.05, 0.1) is 0 Å². The number of ketones is 1. The van der Waals surface area contributed by atoms with Crippen molar-refractivity contribution in [3.63, 3.8) is 0 Å². The molecule has 1 atom stereocenters. The zero-order valence-corrected chi connectivity index (χ0v) is 15.6. The number of rotatable bonds is 6. The second-order valence-electron chi connectivity index (χ2n) is 6.05. The summed E-state index contributed by atoms with van der Waals surface area (Å²) >= 11 is 5.78. The van der Waals surface area contributed by atoms with Crippen LogP contribution in [0, 0.1) is 13.8 Å². The summed E-state index contributed by atoms with van der Waals surface area (Å²) in [6.07, 6.45) is 0. The van der Waals surface area contributed by atoms with E-state index in [9.17, 15) is 14.4 Å². The van der Waals surface area contributed by atoms with Gasteiger partial charge in [-0.2, -0.15) is 0 Å². The number of amides is 1. The monoisotopic (exact) mass is 373 g/mol. The van der Waals surface area contributed by atoms with E-state index in [1.807, 2.05) is 26.0 Å². The summed E-state index contributed by atoms with van der Waals surface area (Å²) in [5.41, 5.74) is 2.77. The first-order chi connectivity index (χ1) is 12.3. The third kappa shape index (κ3) is 5.17. The number of nitrogens with one attached hydrogen (secondary N) is 1. The van der Waals surface area contributed by atoms with Gasteiger partial charge in [-0.15, -0.1) is 0 Å². The van der Waals surface area contributed by atoms with E-state index < -0.39 is 17.9 Å². The Kier molecular flexibility index (Phi) is 6.52. The van der Waals surface area contributed by atoms with Crippen molar-refractivity contribution in [2.24, 2.45) is 0 Å². The maximum absolute atomic E-state index is 12.2. The average Bonchev–Trinajstić information content (AvgIpc) is 2.59. The molecule has 0 radical (unpaired) electrons. The fraction of sp³-hybridized carbons (Fsp3) is 0.250. The van der Waals surface area contributed by atoms with Crippen molar-refractivity contribution in [3.05, 3.63) is 69.7 Å². The van der Waals surface area contributed by atoms with Gasteiger partial charge < -0.3 is 10.1 Å². The fourth-order valence-corrected chi connectivity index (χ4v) is 2.53. The van der Waals surface area contributed by atoms with Crippen molar-refractivity contribution in [2.45, 2.75) is 26.8 Å². The van der Waals surface area contributed by atoms with E-state index in [0.717, 1.165) is 11.1 Å². The number of aryl methyl sites for hydroxylation is 2. The molecule has 0 aliphatic carbocycles. The molecule has 2 aromatic carbocycles. The average molecular weight is 374 g/mol. The molecule has 0 saturated heterocycles. The van der Waals surface area contributed by atoms with Crippen LogP contribution in [0.5, 0.6) is 0 Å². The summed E-state index contributed by atoms with van der Waals surface area (Å²) in [7, 11) is 0. The number of halogens is 1. The molecule has 2 rings (SSSR count). The van der Waals surface area contributed by atoms with Crippen LogP contribution in [0.2, 0.25) is 5.02 Å². The quantitative estimate of drug-likeness (QED) is 0.621. The third-order valence-electron chi connectivity index (χ3n) is 3.84. The van der Waals surface area contributed by atoms with E-state index in [0.29, 0.717) is 16.1 Å². The lowest BCUT2D eigenvalue weighted by molar-refractivity contribution is -0.144. The molecule has 0 bridgehead atoms. The SMILES string of the molecule is Cc1ccc(C(=O)COC(=O)[C@H](C)NC(=O)c2ccc(Cl)cc2)c(C)c1. The molecular weight excluding hydrogens is 354 g/mol. The lowest BCUT2D eigenvalue weighted by Gasteiger charge is -2.13. The predicted octanol–water partition coefficient (Wildman–Crippen LogP) is 3.50. The molecule has 1 N–H and O–H groups in total. The van der Waals surface area contributed by atoms with E-state index in [1.165, 1.54) is 6.92 Å². The molecule has 0 aliphatic heterocycles. The summed E-state index contributed by atoms with van der Waals surface area (Å²) in [6, 6.07) is 10.8.